The quantitative estimate of drug-likeness (QED) is 0.852. The predicted octanol–water partition coefficient (Wildman–Crippen LogP) is 0.318. The van der Waals surface area contributed by atoms with Crippen molar-refractivity contribution in [1.29, 1.82) is 0 Å². The first-order chi connectivity index (χ1) is 9.09. The van der Waals surface area contributed by atoms with Crippen LogP contribution < -0.4 is 5.32 Å². The van der Waals surface area contributed by atoms with E-state index in [0.29, 0.717) is 6.54 Å². The zero-order valence-electron chi connectivity index (χ0n) is 11.8. The first-order valence-electron chi connectivity index (χ1n) is 6.68. The number of carbonyl (C=O) groups excluding carboxylic acids is 1. The maximum absolute atomic E-state index is 12.3. The third-order valence-corrected chi connectivity index (χ3v) is 3.26. The Kier molecular flexibility index (Phi) is 4.55. The first-order valence-corrected chi connectivity index (χ1v) is 6.68. The molecule has 106 valence electrons. The van der Waals surface area contributed by atoms with Gasteiger partial charge in [0.2, 0.25) is 5.91 Å². The fraction of sp³-hybridized carbons (Fsp3) is 0.692. The lowest BCUT2D eigenvalue weighted by Crippen LogP contribution is -2.50. The van der Waals surface area contributed by atoms with E-state index in [1.54, 1.807) is 6.20 Å². The van der Waals surface area contributed by atoms with Crippen molar-refractivity contribution in [2.45, 2.75) is 26.0 Å². The van der Waals surface area contributed by atoms with Gasteiger partial charge in [-0.25, -0.2) is 4.98 Å². The molecule has 2 rings (SSSR count). The monoisotopic (exact) mass is 266 g/mol. The number of aromatic nitrogens is 2. The Bertz CT molecular complexity index is 430. The van der Waals surface area contributed by atoms with Gasteiger partial charge in [-0.15, -0.1) is 0 Å². The van der Waals surface area contributed by atoms with Crippen molar-refractivity contribution >= 4 is 5.91 Å². The number of aryl methyl sites for hydroxylation is 1. The van der Waals surface area contributed by atoms with Crippen molar-refractivity contribution < 1.29 is 9.53 Å². The lowest BCUT2D eigenvalue weighted by Gasteiger charge is -2.35. The van der Waals surface area contributed by atoms with Gasteiger partial charge in [0.15, 0.2) is 0 Å². The highest BCUT2D eigenvalue weighted by atomic mass is 16.5. The fourth-order valence-electron chi connectivity index (χ4n) is 2.25. The molecular formula is C13H22N4O2. The minimum Gasteiger partial charge on any atom is -0.369 e. The Morgan fingerprint density at radius 2 is 2.42 bits per heavy atom. The molecule has 1 atom stereocenters. The van der Waals surface area contributed by atoms with E-state index in [9.17, 15) is 4.79 Å². The van der Waals surface area contributed by atoms with Crippen molar-refractivity contribution in [3.8, 4) is 0 Å². The van der Waals surface area contributed by atoms with Crippen LogP contribution in [0.4, 0.5) is 0 Å². The average Bonchev–Trinajstić information content (AvgIpc) is 2.82. The number of carbonyl (C=O) groups is 1. The second-order valence-corrected chi connectivity index (χ2v) is 5.06. The molecular weight excluding hydrogens is 244 g/mol. The van der Waals surface area contributed by atoms with E-state index in [4.69, 9.17) is 4.74 Å². The standard InChI is InChI=1S/C13H22N4O2/c1-10(2)19-9-12(18)17-7-4-14-8-11(17)13-15-5-6-16(13)3/h5-6,10-11,14H,4,7-9H2,1-3H3. The van der Waals surface area contributed by atoms with Crippen LogP contribution in [-0.4, -0.2) is 52.7 Å². The third kappa shape index (κ3) is 3.33. The minimum atomic E-state index is -0.0167. The second kappa shape index (κ2) is 6.16. The van der Waals surface area contributed by atoms with Crippen molar-refractivity contribution in [2.75, 3.05) is 26.2 Å². The lowest BCUT2D eigenvalue weighted by molar-refractivity contribution is -0.141. The molecule has 1 aromatic rings. The summed E-state index contributed by atoms with van der Waals surface area (Å²) < 4.78 is 7.37. The number of ether oxygens (including phenoxy) is 1. The second-order valence-electron chi connectivity index (χ2n) is 5.06. The fourth-order valence-corrected chi connectivity index (χ4v) is 2.25. The Morgan fingerprint density at radius 3 is 3.05 bits per heavy atom. The molecule has 0 aliphatic carbocycles. The van der Waals surface area contributed by atoms with Crippen molar-refractivity contribution in [2.24, 2.45) is 7.05 Å². The summed E-state index contributed by atoms with van der Waals surface area (Å²) in [5, 5.41) is 3.31. The molecule has 0 spiro atoms. The van der Waals surface area contributed by atoms with Gasteiger partial charge in [-0.2, -0.15) is 0 Å². The smallest absolute Gasteiger partial charge is 0.249 e. The summed E-state index contributed by atoms with van der Waals surface area (Å²) in [7, 11) is 1.95. The third-order valence-electron chi connectivity index (χ3n) is 3.26. The SMILES string of the molecule is CC(C)OCC(=O)N1CCNCC1c1nccn1C. The molecule has 1 saturated heterocycles. The van der Waals surface area contributed by atoms with Gasteiger partial charge in [-0.1, -0.05) is 0 Å². The molecule has 1 fully saturated rings. The van der Waals surface area contributed by atoms with Crippen LogP contribution in [-0.2, 0) is 16.6 Å². The number of piperazine rings is 1. The summed E-state index contributed by atoms with van der Waals surface area (Å²) >= 11 is 0. The number of nitrogens with one attached hydrogen (secondary N) is 1. The molecule has 0 bridgehead atoms. The summed E-state index contributed by atoms with van der Waals surface area (Å²) in [5.74, 6) is 0.938. The largest absolute Gasteiger partial charge is 0.369 e. The molecule has 19 heavy (non-hydrogen) atoms. The van der Waals surface area contributed by atoms with Gasteiger partial charge in [-0.05, 0) is 13.8 Å². The number of rotatable bonds is 4. The molecule has 6 heteroatoms. The minimum absolute atomic E-state index is 0.0167. The summed E-state index contributed by atoms with van der Waals surface area (Å²) in [4.78, 5) is 18.5. The van der Waals surface area contributed by atoms with Gasteiger partial charge < -0.3 is 19.5 Å². The Balaban J connectivity index is 2.08. The number of imidazole rings is 1. The normalized spacial score (nSPS) is 20.0. The van der Waals surface area contributed by atoms with Crippen LogP contribution >= 0.6 is 0 Å². The Morgan fingerprint density at radius 1 is 1.63 bits per heavy atom. The van der Waals surface area contributed by atoms with Gasteiger partial charge in [0.05, 0.1) is 6.10 Å². The number of nitrogens with zero attached hydrogens (tertiary/aromatic N) is 3. The van der Waals surface area contributed by atoms with E-state index in [1.807, 2.05) is 36.6 Å². The van der Waals surface area contributed by atoms with Gasteiger partial charge in [0.1, 0.15) is 18.5 Å². The molecule has 0 radical (unpaired) electrons. The van der Waals surface area contributed by atoms with Crippen LogP contribution in [0.5, 0.6) is 0 Å². The summed E-state index contributed by atoms with van der Waals surface area (Å²) in [6.07, 6.45) is 3.73. The van der Waals surface area contributed by atoms with Crippen LogP contribution in [0.3, 0.4) is 0 Å². The molecule has 0 saturated carbocycles. The van der Waals surface area contributed by atoms with Gasteiger partial charge in [0.25, 0.3) is 0 Å². The van der Waals surface area contributed by atoms with E-state index in [0.717, 1.165) is 18.9 Å². The highest BCUT2D eigenvalue weighted by Crippen LogP contribution is 2.20. The summed E-state index contributed by atoms with van der Waals surface area (Å²) in [5.41, 5.74) is 0. The molecule has 2 heterocycles. The van der Waals surface area contributed by atoms with E-state index < -0.39 is 0 Å². The number of hydrogen-bond acceptors (Lipinski definition) is 4. The zero-order valence-corrected chi connectivity index (χ0v) is 11.8. The summed E-state index contributed by atoms with van der Waals surface area (Å²) in [6, 6.07) is -0.0167. The van der Waals surface area contributed by atoms with E-state index in [1.165, 1.54) is 0 Å². The van der Waals surface area contributed by atoms with Gasteiger partial charge in [-0.3, -0.25) is 4.79 Å². The maximum atomic E-state index is 12.3. The van der Waals surface area contributed by atoms with Crippen LogP contribution in [0.15, 0.2) is 12.4 Å². The Labute approximate surface area is 113 Å². The molecule has 1 aromatic heterocycles. The van der Waals surface area contributed by atoms with Crippen molar-refractivity contribution in [1.82, 2.24) is 19.8 Å². The van der Waals surface area contributed by atoms with Gasteiger partial charge in [0, 0.05) is 39.1 Å². The zero-order chi connectivity index (χ0) is 13.8. The average molecular weight is 266 g/mol. The van der Waals surface area contributed by atoms with Crippen LogP contribution in [0.2, 0.25) is 0 Å². The first kappa shape index (κ1) is 14.0. The van der Waals surface area contributed by atoms with Crippen molar-refractivity contribution in [3.63, 3.8) is 0 Å². The number of amides is 1. The Hall–Kier alpha value is -1.40. The highest BCUT2D eigenvalue weighted by Gasteiger charge is 2.30. The lowest BCUT2D eigenvalue weighted by atomic mass is 10.1. The molecule has 1 aliphatic heterocycles. The molecule has 1 amide bonds. The molecule has 0 aromatic carbocycles. The van der Waals surface area contributed by atoms with E-state index in [-0.39, 0.29) is 24.7 Å². The molecule has 6 nitrogen and oxygen atoms in total. The maximum Gasteiger partial charge on any atom is 0.249 e. The van der Waals surface area contributed by atoms with E-state index >= 15 is 0 Å². The topological polar surface area (TPSA) is 59.4 Å². The molecule has 1 N–H and O–H groups in total. The van der Waals surface area contributed by atoms with Crippen LogP contribution in [0, 0.1) is 0 Å². The number of hydrogen-bond donors (Lipinski definition) is 1. The predicted molar refractivity (Wildman–Crippen MR) is 71.6 cm³/mol. The van der Waals surface area contributed by atoms with Crippen molar-refractivity contribution in [3.05, 3.63) is 18.2 Å². The molecule has 1 unspecified atom stereocenters. The van der Waals surface area contributed by atoms with Gasteiger partial charge >= 0.3 is 0 Å². The van der Waals surface area contributed by atoms with Crippen LogP contribution in [0.25, 0.3) is 0 Å². The van der Waals surface area contributed by atoms with Crippen LogP contribution in [0.1, 0.15) is 25.7 Å². The molecule has 1 aliphatic rings. The highest BCUT2D eigenvalue weighted by molar-refractivity contribution is 5.78. The summed E-state index contributed by atoms with van der Waals surface area (Å²) in [6.45, 7) is 6.24. The van der Waals surface area contributed by atoms with E-state index in [2.05, 4.69) is 10.3 Å².